The van der Waals surface area contributed by atoms with Crippen LogP contribution in [-0.4, -0.2) is 31.3 Å². The Morgan fingerprint density at radius 2 is 1.96 bits per heavy atom. The molecule has 1 N–H and O–H groups in total. The molecular formula is C18H18ClNO4S. The molecule has 0 aliphatic rings. The number of anilines is 1. The minimum Gasteiger partial charge on any atom is -0.497 e. The average Bonchev–Trinajstić information content (AvgIpc) is 2.62. The fraction of sp³-hybridized carbons (Fsp3) is 0.222. The van der Waals surface area contributed by atoms with Crippen LogP contribution in [0, 0.1) is 0 Å². The van der Waals surface area contributed by atoms with Gasteiger partial charge in [0.1, 0.15) is 5.75 Å². The number of esters is 1. The maximum atomic E-state index is 12.3. The van der Waals surface area contributed by atoms with Gasteiger partial charge in [0.15, 0.2) is 6.10 Å². The van der Waals surface area contributed by atoms with Crippen LogP contribution in [0.15, 0.2) is 47.4 Å². The molecule has 0 fully saturated rings. The topological polar surface area (TPSA) is 64.6 Å². The molecule has 1 amide bonds. The summed E-state index contributed by atoms with van der Waals surface area (Å²) in [6, 6.07) is 12.0. The Kier molecular flexibility index (Phi) is 6.73. The lowest BCUT2D eigenvalue weighted by Crippen LogP contribution is -2.30. The number of halogens is 1. The first kappa shape index (κ1) is 19.1. The molecule has 132 valence electrons. The summed E-state index contributed by atoms with van der Waals surface area (Å²) in [4.78, 5) is 25.4. The van der Waals surface area contributed by atoms with Crippen molar-refractivity contribution >= 4 is 40.9 Å². The molecule has 1 atom stereocenters. The van der Waals surface area contributed by atoms with E-state index in [1.165, 1.54) is 25.8 Å². The Morgan fingerprint density at radius 1 is 1.20 bits per heavy atom. The van der Waals surface area contributed by atoms with Crippen LogP contribution in [0.1, 0.15) is 17.3 Å². The number of ether oxygens (including phenoxy) is 2. The standard InChI is InChI=1S/C18H18ClNO4S/c1-11(17(21)20-12-5-4-6-13(9-12)23-2)24-18(22)15-10-14(25-3)7-8-16(15)19/h4-11H,1-3H3,(H,20,21)/t11-/m0/s1. The highest BCUT2D eigenvalue weighted by atomic mass is 35.5. The van der Waals surface area contributed by atoms with Crippen LogP contribution in [0.4, 0.5) is 5.69 Å². The fourth-order valence-corrected chi connectivity index (χ4v) is 2.64. The zero-order chi connectivity index (χ0) is 18.4. The van der Waals surface area contributed by atoms with Crippen LogP contribution >= 0.6 is 23.4 Å². The number of benzene rings is 2. The van der Waals surface area contributed by atoms with Gasteiger partial charge in [0.25, 0.3) is 5.91 Å². The Labute approximate surface area is 155 Å². The van der Waals surface area contributed by atoms with Crippen LogP contribution in [0.25, 0.3) is 0 Å². The number of rotatable bonds is 6. The molecule has 0 heterocycles. The third kappa shape index (κ3) is 5.14. The summed E-state index contributed by atoms with van der Waals surface area (Å²) in [5.41, 5.74) is 0.782. The van der Waals surface area contributed by atoms with Crippen LogP contribution < -0.4 is 10.1 Å². The largest absolute Gasteiger partial charge is 0.497 e. The molecule has 0 bridgehead atoms. The normalized spacial score (nSPS) is 11.5. The van der Waals surface area contributed by atoms with Crippen LogP contribution in [0.3, 0.4) is 0 Å². The van der Waals surface area contributed by atoms with Crippen molar-refractivity contribution in [3.05, 3.63) is 53.1 Å². The maximum absolute atomic E-state index is 12.3. The van der Waals surface area contributed by atoms with Gasteiger partial charge >= 0.3 is 5.97 Å². The molecule has 0 spiro atoms. The average molecular weight is 380 g/mol. The number of methoxy groups -OCH3 is 1. The molecule has 5 nitrogen and oxygen atoms in total. The Bertz CT molecular complexity index is 781. The predicted octanol–water partition coefficient (Wildman–Crippen LogP) is 4.25. The molecule has 0 unspecified atom stereocenters. The highest BCUT2D eigenvalue weighted by Gasteiger charge is 2.21. The van der Waals surface area contributed by atoms with E-state index in [4.69, 9.17) is 21.1 Å². The molecule has 0 aromatic heterocycles. The minimum atomic E-state index is -0.979. The Balaban J connectivity index is 2.04. The molecule has 0 radical (unpaired) electrons. The molecule has 25 heavy (non-hydrogen) atoms. The van der Waals surface area contributed by atoms with Crippen LogP contribution in [-0.2, 0) is 9.53 Å². The van der Waals surface area contributed by atoms with E-state index in [1.54, 1.807) is 36.4 Å². The van der Waals surface area contributed by atoms with Crippen molar-refractivity contribution in [2.75, 3.05) is 18.7 Å². The highest BCUT2D eigenvalue weighted by molar-refractivity contribution is 7.98. The lowest BCUT2D eigenvalue weighted by Gasteiger charge is -2.14. The molecule has 0 saturated heterocycles. The number of thioether (sulfide) groups is 1. The number of amides is 1. The minimum absolute atomic E-state index is 0.231. The first-order valence-electron chi connectivity index (χ1n) is 7.44. The van der Waals surface area contributed by atoms with Crippen molar-refractivity contribution in [2.24, 2.45) is 0 Å². The predicted molar refractivity (Wildman–Crippen MR) is 99.7 cm³/mol. The van der Waals surface area contributed by atoms with E-state index < -0.39 is 18.0 Å². The van der Waals surface area contributed by atoms with Gasteiger partial charge in [0.05, 0.1) is 17.7 Å². The van der Waals surface area contributed by atoms with Crippen molar-refractivity contribution in [3.8, 4) is 5.75 Å². The van der Waals surface area contributed by atoms with Crippen molar-refractivity contribution < 1.29 is 19.1 Å². The molecule has 2 aromatic rings. The van der Waals surface area contributed by atoms with Crippen LogP contribution in [0.5, 0.6) is 5.75 Å². The number of hydrogen-bond acceptors (Lipinski definition) is 5. The summed E-state index contributed by atoms with van der Waals surface area (Å²) in [7, 11) is 1.54. The number of carbonyl (C=O) groups excluding carboxylic acids is 2. The lowest BCUT2D eigenvalue weighted by atomic mass is 10.2. The van der Waals surface area contributed by atoms with Gasteiger partial charge in [0, 0.05) is 16.6 Å². The lowest BCUT2D eigenvalue weighted by molar-refractivity contribution is -0.123. The molecule has 2 aromatic carbocycles. The summed E-state index contributed by atoms with van der Waals surface area (Å²) in [6.45, 7) is 1.50. The number of nitrogens with one attached hydrogen (secondary N) is 1. The monoisotopic (exact) mass is 379 g/mol. The zero-order valence-corrected chi connectivity index (χ0v) is 15.6. The van der Waals surface area contributed by atoms with E-state index in [-0.39, 0.29) is 10.6 Å². The summed E-state index contributed by atoms with van der Waals surface area (Å²) in [6.07, 6.45) is 0.912. The van der Waals surface area contributed by atoms with Crippen molar-refractivity contribution in [2.45, 2.75) is 17.9 Å². The van der Waals surface area contributed by atoms with Crippen molar-refractivity contribution in [1.82, 2.24) is 0 Å². The first-order valence-corrected chi connectivity index (χ1v) is 9.04. The Morgan fingerprint density at radius 3 is 2.64 bits per heavy atom. The molecule has 0 aliphatic heterocycles. The smallest absolute Gasteiger partial charge is 0.340 e. The SMILES string of the molecule is COc1cccc(NC(=O)[C@H](C)OC(=O)c2cc(SC)ccc2Cl)c1. The second-order valence-corrected chi connectivity index (χ2v) is 6.40. The molecule has 0 saturated carbocycles. The van der Waals surface area contributed by atoms with Gasteiger partial charge in [-0.05, 0) is 43.5 Å². The quantitative estimate of drug-likeness (QED) is 0.600. The third-order valence-electron chi connectivity index (χ3n) is 3.38. The summed E-state index contributed by atoms with van der Waals surface area (Å²) in [5, 5.41) is 2.96. The number of carbonyl (C=O) groups is 2. The molecule has 0 aliphatic carbocycles. The summed E-state index contributed by atoms with van der Waals surface area (Å²) >= 11 is 7.53. The summed E-state index contributed by atoms with van der Waals surface area (Å²) < 4.78 is 10.3. The van der Waals surface area contributed by atoms with Gasteiger partial charge in [0.2, 0.25) is 0 Å². The fourth-order valence-electron chi connectivity index (χ4n) is 2.01. The Hall–Kier alpha value is -2.18. The van der Waals surface area contributed by atoms with Gasteiger partial charge in [-0.15, -0.1) is 11.8 Å². The second-order valence-electron chi connectivity index (χ2n) is 5.11. The second kappa shape index (κ2) is 8.78. The van der Waals surface area contributed by atoms with Crippen LogP contribution in [0.2, 0.25) is 5.02 Å². The first-order chi connectivity index (χ1) is 11.9. The van der Waals surface area contributed by atoms with E-state index in [0.29, 0.717) is 11.4 Å². The molecular weight excluding hydrogens is 362 g/mol. The van der Waals surface area contributed by atoms with E-state index >= 15 is 0 Å². The van der Waals surface area contributed by atoms with E-state index in [2.05, 4.69) is 5.32 Å². The van der Waals surface area contributed by atoms with Gasteiger partial charge in [-0.2, -0.15) is 0 Å². The van der Waals surface area contributed by atoms with Gasteiger partial charge < -0.3 is 14.8 Å². The van der Waals surface area contributed by atoms with Crippen molar-refractivity contribution in [3.63, 3.8) is 0 Å². The maximum Gasteiger partial charge on any atom is 0.340 e. The van der Waals surface area contributed by atoms with E-state index in [0.717, 1.165) is 4.90 Å². The highest BCUT2D eigenvalue weighted by Crippen LogP contribution is 2.24. The van der Waals surface area contributed by atoms with Gasteiger partial charge in [-0.3, -0.25) is 4.79 Å². The molecule has 7 heteroatoms. The molecule has 2 rings (SSSR count). The van der Waals surface area contributed by atoms with E-state index in [9.17, 15) is 9.59 Å². The van der Waals surface area contributed by atoms with Crippen molar-refractivity contribution in [1.29, 1.82) is 0 Å². The third-order valence-corrected chi connectivity index (χ3v) is 4.44. The number of hydrogen-bond donors (Lipinski definition) is 1. The van der Waals surface area contributed by atoms with Gasteiger partial charge in [-0.25, -0.2) is 4.79 Å². The van der Waals surface area contributed by atoms with E-state index in [1.807, 2.05) is 12.3 Å². The summed E-state index contributed by atoms with van der Waals surface area (Å²) in [5.74, 6) is -0.476. The van der Waals surface area contributed by atoms with Gasteiger partial charge in [-0.1, -0.05) is 17.7 Å². The zero-order valence-electron chi connectivity index (χ0n) is 14.0.